The van der Waals surface area contributed by atoms with Crippen molar-refractivity contribution in [2.75, 3.05) is 18.0 Å². The molecule has 2 heterocycles. The van der Waals surface area contributed by atoms with Gasteiger partial charge >= 0.3 is 6.09 Å². The first-order chi connectivity index (χ1) is 14.4. The van der Waals surface area contributed by atoms with Crippen molar-refractivity contribution < 1.29 is 18.3 Å². The number of hydrogen-bond donors (Lipinski definition) is 1. The summed E-state index contributed by atoms with van der Waals surface area (Å²) < 4.78 is 34.0. The SMILES string of the molecule is NC(=O)OC1CCCCN(c2nn(-c3ccc(F)cc3F)c(=O)c3ccccc23)C1. The number of nitrogens with zero attached hydrogens (tertiary/aromatic N) is 3. The number of carbonyl (C=O) groups excluding carboxylic acids is 1. The highest BCUT2D eigenvalue weighted by Gasteiger charge is 2.25. The molecule has 0 saturated carbocycles. The number of fused-ring (bicyclic) bond motifs is 1. The quantitative estimate of drug-likeness (QED) is 0.711. The molecule has 2 N–H and O–H groups in total. The molecule has 1 fully saturated rings. The van der Waals surface area contributed by atoms with Crippen molar-refractivity contribution >= 4 is 22.7 Å². The second-order valence-electron chi connectivity index (χ2n) is 7.18. The van der Waals surface area contributed by atoms with Gasteiger partial charge in [-0.05, 0) is 37.5 Å². The third-order valence-corrected chi connectivity index (χ3v) is 5.13. The predicted molar refractivity (Wildman–Crippen MR) is 108 cm³/mol. The van der Waals surface area contributed by atoms with Gasteiger partial charge in [0.25, 0.3) is 5.56 Å². The summed E-state index contributed by atoms with van der Waals surface area (Å²) in [6, 6.07) is 9.85. The van der Waals surface area contributed by atoms with Gasteiger partial charge in [0, 0.05) is 18.0 Å². The van der Waals surface area contributed by atoms with E-state index in [1.165, 1.54) is 6.07 Å². The van der Waals surface area contributed by atoms with Crippen LogP contribution in [0.5, 0.6) is 0 Å². The normalized spacial score (nSPS) is 17.0. The Kier molecular flexibility index (Phi) is 5.35. The van der Waals surface area contributed by atoms with Crippen molar-refractivity contribution in [1.29, 1.82) is 0 Å². The molecule has 1 saturated heterocycles. The van der Waals surface area contributed by atoms with Crippen molar-refractivity contribution in [2.45, 2.75) is 25.4 Å². The Morgan fingerprint density at radius 3 is 2.63 bits per heavy atom. The molecule has 1 aromatic heterocycles. The first-order valence-corrected chi connectivity index (χ1v) is 9.62. The van der Waals surface area contributed by atoms with Crippen molar-refractivity contribution in [3.05, 3.63) is 64.5 Å². The summed E-state index contributed by atoms with van der Waals surface area (Å²) in [7, 11) is 0. The van der Waals surface area contributed by atoms with Gasteiger partial charge in [-0.1, -0.05) is 18.2 Å². The summed E-state index contributed by atoms with van der Waals surface area (Å²) in [4.78, 5) is 26.1. The van der Waals surface area contributed by atoms with Crippen LogP contribution in [0.2, 0.25) is 0 Å². The summed E-state index contributed by atoms with van der Waals surface area (Å²) in [6.45, 7) is 0.948. The molecular formula is C21H20F2N4O3. The summed E-state index contributed by atoms with van der Waals surface area (Å²) in [5.41, 5.74) is 4.53. The lowest BCUT2D eigenvalue weighted by Gasteiger charge is -2.26. The smallest absolute Gasteiger partial charge is 0.404 e. The molecule has 2 aromatic carbocycles. The molecule has 7 nitrogen and oxygen atoms in total. The number of ether oxygens (including phenoxy) is 1. The van der Waals surface area contributed by atoms with Crippen LogP contribution in [0.25, 0.3) is 16.5 Å². The monoisotopic (exact) mass is 414 g/mol. The zero-order chi connectivity index (χ0) is 21.3. The van der Waals surface area contributed by atoms with E-state index in [2.05, 4.69) is 5.10 Å². The van der Waals surface area contributed by atoms with Crippen LogP contribution < -0.4 is 16.2 Å². The summed E-state index contributed by atoms with van der Waals surface area (Å²) in [5.74, 6) is -1.19. The number of carbonyl (C=O) groups is 1. The first kappa shape index (κ1) is 19.8. The van der Waals surface area contributed by atoms with Crippen LogP contribution in [0.15, 0.2) is 47.3 Å². The molecule has 4 rings (SSSR count). The van der Waals surface area contributed by atoms with Crippen molar-refractivity contribution in [1.82, 2.24) is 9.78 Å². The number of anilines is 1. The van der Waals surface area contributed by atoms with Gasteiger partial charge < -0.3 is 15.4 Å². The number of primary amides is 1. The third-order valence-electron chi connectivity index (χ3n) is 5.13. The minimum Gasteiger partial charge on any atom is -0.445 e. The highest BCUT2D eigenvalue weighted by molar-refractivity contribution is 5.91. The summed E-state index contributed by atoms with van der Waals surface area (Å²) in [6.07, 6.45) is 1.03. The van der Waals surface area contributed by atoms with Crippen molar-refractivity contribution in [3.63, 3.8) is 0 Å². The molecule has 1 aliphatic rings. The Balaban J connectivity index is 1.88. The van der Waals surface area contributed by atoms with Gasteiger partial charge in [-0.3, -0.25) is 4.79 Å². The molecule has 0 bridgehead atoms. The summed E-state index contributed by atoms with van der Waals surface area (Å²) in [5, 5.41) is 5.38. The summed E-state index contributed by atoms with van der Waals surface area (Å²) >= 11 is 0. The van der Waals surface area contributed by atoms with Gasteiger partial charge in [0.1, 0.15) is 17.6 Å². The number of amides is 1. The Labute approximate surface area is 170 Å². The molecule has 1 aliphatic heterocycles. The lowest BCUT2D eigenvalue weighted by Crippen LogP contribution is -2.37. The Morgan fingerprint density at radius 1 is 1.13 bits per heavy atom. The predicted octanol–water partition coefficient (Wildman–Crippen LogP) is 3.12. The van der Waals surface area contributed by atoms with E-state index in [1.54, 1.807) is 24.3 Å². The molecule has 156 valence electrons. The van der Waals surface area contributed by atoms with E-state index in [9.17, 15) is 18.4 Å². The number of halogens is 2. The van der Waals surface area contributed by atoms with E-state index >= 15 is 0 Å². The van der Waals surface area contributed by atoms with Crippen LogP contribution >= 0.6 is 0 Å². The maximum atomic E-state index is 14.4. The van der Waals surface area contributed by atoms with Gasteiger partial charge in [-0.2, -0.15) is 4.68 Å². The van der Waals surface area contributed by atoms with E-state index < -0.39 is 29.4 Å². The second-order valence-corrected chi connectivity index (χ2v) is 7.18. The van der Waals surface area contributed by atoms with E-state index in [4.69, 9.17) is 10.5 Å². The minimum absolute atomic E-state index is 0.145. The lowest BCUT2D eigenvalue weighted by molar-refractivity contribution is 0.106. The standard InChI is InChI=1S/C21H20F2N4O3/c22-13-8-9-18(17(23)11-13)27-20(28)16-7-2-1-6-15(16)19(25-27)26-10-4-3-5-14(12-26)30-21(24)29/h1-2,6-9,11,14H,3-5,10,12H2,(H2,24,29). The highest BCUT2D eigenvalue weighted by Crippen LogP contribution is 2.26. The topological polar surface area (TPSA) is 90.5 Å². The van der Waals surface area contributed by atoms with Crippen molar-refractivity contribution in [3.8, 4) is 5.69 Å². The minimum atomic E-state index is -0.892. The second kappa shape index (κ2) is 8.10. The third kappa shape index (κ3) is 3.83. The van der Waals surface area contributed by atoms with Gasteiger partial charge in [-0.25, -0.2) is 13.6 Å². The van der Waals surface area contributed by atoms with E-state index in [0.29, 0.717) is 42.2 Å². The van der Waals surface area contributed by atoms with E-state index in [-0.39, 0.29) is 5.69 Å². The van der Waals surface area contributed by atoms with Crippen LogP contribution in [0.1, 0.15) is 19.3 Å². The number of benzene rings is 2. The van der Waals surface area contributed by atoms with Crippen LogP contribution in [-0.4, -0.2) is 35.1 Å². The molecule has 3 aromatic rings. The molecule has 0 aliphatic carbocycles. The van der Waals surface area contributed by atoms with Gasteiger partial charge in [0.2, 0.25) is 0 Å². The van der Waals surface area contributed by atoms with Gasteiger partial charge in [-0.15, -0.1) is 5.10 Å². The first-order valence-electron chi connectivity index (χ1n) is 9.62. The number of hydrogen-bond acceptors (Lipinski definition) is 5. The van der Waals surface area contributed by atoms with Crippen LogP contribution in [0, 0.1) is 11.6 Å². The van der Waals surface area contributed by atoms with Crippen LogP contribution in [-0.2, 0) is 4.74 Å². The zero-order valence-corrected chi connectivity index (χ0v) is 16.1. The van der Waals surface area contributed by atoms with E-state index in [1.807, 2.05) is 4.90 Å². The Morgan fingerprint density at radius 2 is 1.90 bits per heavy atom. The van der Waals surface area contributed by atoms with Crippen LogP contribution in [0.3, 0.4) is 0 Å². The maximum absolute atomic E-state index is 14.4. The maximum Gasteiger partial charge on any atom is 0.404 e. The molecule has 9 heteroatoms. The van der Waals surface area contributed by atoms with E-state index in [0.717, 1.165) is 23.6 Å². The molecule has 0 radical (unpaired) electrons. The average Bonchev–Trinajstić information content (AvgIpc) is 2.94. The largest absolute Gasteiger partial charge is 0.445 e. The van der Waals surface area contributed by atoms with Crippen LogP contribution in [0.4, 0.5) is 19.4 Å². The fourth-order valence-electron chi connectivity index (χ4n) is 3.78. The average molecular weight is 414 g/mol. The molecular weight excluding hydrogens is 394 g/mol. The lowest BCUT2D eigenvalue weighted by atomic mass is 10.1. The fourth-order valence-corrected chi connectivity index (χ4v) is 3.78. The van der Waals surface area contributed by atoms with Gasteiger partial charge in [0.05, 0.1) is 11.9 Å². The Bertz CT molecular complexity index is 1160. The Hall–Kier alpha value is -3.49. The number of nitrogens with two attached hydrogens (primary N) is 1. The zero-order valence-electron chi connectivity index (χ0n) is 16.1. The molecule has 1 unspecified atom stereocenters. The number of aromatic nitrogens is 2. The number of rotatable bonds is 3. The van der Waals surface area contributed by atoms with Crippen molar-refractivity contribution in [2.24, 2.45) is 5.73 Å². The van der Waals surface area contributed by atoms with Gasteiger partial charge in [0.15, 0.2) is 11.6 Å². The molecule has 1 amide bonds. The molecule has 30 heavy (non-hydrogen) atoms. The fraction of sp³-hybridized carbons (Fsp3) is 0.286. The molecule has 0 spiro atoms. The highest BCUT2D eigenvalue weighted by atomic mass is 19.1. The molecule has 1 atom stereocenters.